The lowest BCUT2D eigenvalue weighted by Crippen LogP contribution is -2.52. The van der Waals surface area contributed by atoms with Gasteiger partial charge in [0.2, 0.25) is 17.7 Å². The van der Waals surface area contributed by atoms with Crippen LogP contribution >= 0.6 is 0 Å². The Bertz CT molecular complexity index is 423. The number of aliphatic carboxylic acids is 1. The first-order valence-electron chi connectivity index (χ1n) is 6.40. The van der Waals surface area contributed by atoms with Crippen LogP contribution in [0.25, 0.3) is 0 Å². The standard InChI is InChI=1S/C12H19N3O5/c1-7(12(19)20)15(6-5-13-8(2)16)11(18)9-3-4-10(17)14-9/h7,9H,3-6H2,1-2H3,(H,13,16)(H,14,17)(H,19,20)/t7?,9-/m1/s1. The molecule has 1 heterocycles. The summed E-state index contributed by atoms with van der Waals surface area (Å²) in [6.45, 7) is 2.98. The summed E-state index contributed by atoms with van der Waals surface area (Å²) in [5, 5.41) is 14.1. The van der Waals surface area contributed by atoms with E-state index >= 15 is 0 Å². The lowest BCUT2D eigenvalue weighted by atomic mass is 10.1. The van der Waals surface area contributed by atoms with Crippen LogP contribution in [0.2, 0.25) is 0 Å². The summed E-state index contributed by atoms with van der Waals surface area (Å²) in [5.74, 6) is -2.04. The van der Waals surface area contributed by atoms with Gasteiger partial charge in [-0.05, 0) is 13.3 Å². The highest BCUT2D eigenvalue weighted by Crippen LogP contribution is 2.12. The molecule has 0 bridgehead atoms. The van der Waals surface area contributed by atoms with E-state index in [9.17, 15) is 19.2 Å². The minimum atomic E-state index is -1.13. The van der Waals surface area contributed by atoms with E-state index in [0.717, 1.165) is 4.90 Å². The summed E-state index contributed by atoms with van der Waals surface area (Å²) in [4.78, 5) is 46.4. The van der Waals surface area contributed by atoms with Gasteiger partial charge in [0, 0.05) is 26.4 Å². The number of rotatable bonds is 6. The highest BCUT2D eigenvalue weighted by molar-refractivity contribution is 5.92. The molecule has 3 N–H and O–H groups in total. The second kappa shape index (κ2) is 6.88. The fraction of sp³-hybridized carbons (Fsp3) is 0.667. The zero-order chi connectivity index (χ0) is 15.3. The molecule has 0 aromatic carbocycles. The Kier molecular flexibility index (Phi) is 5.48. The van der Waals surface area contributed by atoms with Crippen LogP contribution in [0.4, 0.5) is 0 Å². The van der Waals surface area contributed by atoms with Crippen molar-refractivity contribution in [3.63, 3.8) is 0 Å². The summed E-state index contributed by atoms with van der Waals surface area (Å²) in [6.07, 6.45) is 0.623. The van der Waals surface area contributed by atoms with Crippen molar-refractivity contribution in [3.8, 4) is 0 Å². The number of carboxylic acid groups (broad SMARTS) is 1. The average molecular weight is 285 g/mol. The second-order valence-electron chi connectivity index (χ2n) is 4.69. The van der Waals surface area contributed by atoms with E-state index in [1.807, 2.05) is 0 Å². The topological polar surface area (TPSA) is 116 Å². The first-order chi connectivity index (χ1) is 9.32. The van der Waals surface area contributed by atoms with Crippen molar-refractivity contribution in [2.24, 2.45) is 0 Å². The molecule has 0 aliphatic carbocycles. The van der Waals surface area contributed by atoms with Crippen LogP contribution in [0.5, 0.6) is 0 Å². The molecular formula is C12H19N3O5. The predicted molar refractivity (Wildman–Crippen MR) is 68.7 cm³/mol. The number of amides is 3. The van der Waals surface area contributed by atoms with Gasteiger partial charge in [-0.1, -0.05) is 0 Å². The fourth-order valence-electron chi connectivity index (χ4n) is 1.98. The van der Waals surface area contributed by atoms with Crippen LogP contribution in [-0.4, -0.2) is 58.9 Å². The molecule has 2 atom stereocenters. The molecule has 1 aliphatic heterocycles. The van der Waals surface area contributed by atoms with Crippen molar-refractivity contribution in [2.75, 3.05) is 13.1 Å². The van der Waals surface area contributed by atoms with Crippen LogP contribution in [0.1, 0.15) is 26.7 Å². The molecule has 1 fully saturated rings. The minimum absolute atomic E-state index is 0.0816. The molecule has 8 heteroatoms. The van der Waals surface area contributed by atoms with E-state index < -0.39 is 24.0 Å². The number of hydrogen-bond donors (Lipinski definition) is 3. The Morgan fingerprint density at radius 1 is 1.50 bits per heavy atom. The van der Waals surface area contributed by atoms with Crippen LogP contribution in [0.3, 0.4) is 0 Å². The molecule has 1 unspecified atom stereocenters. The predicted octanol–water partition coefficient (Wildman–Crippen LogP) is -1.30. The first-order valence-corrected chi connectivity index (χ1v) is 6.40. The molecular weight excluding hydrogens is 266 g/mol. The highest BCUT2D eigenvalue weighted by Gasteiger charge is 2.34. The molecule has 0 spiro atoms. The average Bonchev–Trinajstić information content (AvgIpc) is 2.79. The first kappa shape index (κ1) is 15.9. The Balaban J connectivity index is 2.70. The fourth-order valence-corrected chi connectivity index (χ4v) is 1.98. The molecule has 20 heavy (non-hydrogen) atoms. The van der Waals surface area contributed by atoms with Crippen molar-refractivity contribution >= 4 is 23.7 Å². The zero-order valence-electron chi connectivity index (χ0n) is 11.5. The smallest absolute Gasteiger partial charge is 0.326 e. The molecule has 1 saturated heterocycles. The minimum Gasteiger partial charge on any atom is -0.480 e. The Morgan fingerprint density at radius 2 is 2.15 bits per heavy atom. The molecule has 1 rings (SSSR count). The van der Waals surface area contributed by atoms with Crippen LogP contribution in [0, 0.1) is 0 Å². The van der Waals surface area contributed by atoms with Crippen LogP contribution in [-0.2, 0) is 19.2 Å². The molecule has 8 nitrogen and oxygen atoms in total. The molecule has 0 aromatic rings. The van der Waals surface area contributed by atoms with Crippen LogP contribution in [0.15, 0.2) is 0 Å². The summed E-state index contributed by atoms with van der Waals surface area (Å²) < 4.78 is 0. The summed E-state index contributed by atoms with van der Waals surface area (Å²) in [5.41, 5.74) is 0. The number of carbonyl (C=O) groups excluding carboxylic acids is 3. The van der Waals surface area contributed by atoms with Gasteiger partial charge in [-0.2, -0.15) is 0 Å². The van der Waals surface area contributed by atoms with Gasteiger partial charge in [0.15, 0.2) is 0 Å². The molecule has 0 radical (unpaired) electrons. The monoisotopic (exact) mass is 285 g/mol. The SMILES string of the molecule is CC(=O)NCCN(C(=O)[C@H]1CCC(=O)N1)C(C)C(=O)O. The van der Waals surface area contributed by atoms with E-state index in [-0.39, 0.29) is 31.3 Å². The van der Waals surface area contributed by atoms with Crippen molar-refractivity contribution in [1.82, 2.24) is 15.5 Å². The van der Waals surface area contributed by atoms with E-state index in [4.69, 9.17) is 5.11 Å². The molecule has 0 aromatic heterocycles. The lowest BCUT2D eigenvalue weighted by molar-refractivity contribution is -0.150. The van der Waals surface area contributed by atoms with Crippen molar-refractivity contribution in [3.05, 3.63) is 0 Å². The number of nitrogens with zero attached hydrogens (tertiary/aromatic N) is 1. The number of nitrogens with one attached hydrogen (secondary N) is 2. The maximum atomic E-state index is 12.2. The maximum Gasteiger partial charge on any atom is 0.326 e. The van der Waals surface area contributed by atoms with E-state index in [1.165, 1.54) is 13.8 Å². The van der Waals surface area contributed by atoms with Gasteiger partial charge >= 0.3 is 5.97 Å². The number of hydrogen-bond acceptors (Lipinski definition) is 4. The number of carboxylic acids is 1. The summed E-state index contributed by atoms with van der Waals surface area (Å²) in [7, 11) is 0. The molecule has 1 aliphatic rings. The Morgan fingerprint density at radius 3 is 2.60 bits per heavy atom. The molecule has 3 amide bonds. The van der Waals surface area contributed by atoms with E-state index in [1.54, 1.807) is 0 Å². The molecule has 0 saturated carbocycles. The third-order valence-corrected chi connectivity index (χ3v) is 3.13. The van der Waals surface area contributed by atoms with Gasteiger partial charge in [0.1, 0.15) is 12.1 Å². The largest absolute Gasteiger partial charge is 0.480 e. The molecule has 112 valence electrons. The highest BCUT2D eigenvalue weighted by atomic mass is 16.4. The van der Waals surface area contributed by atoms with Gasteiger partial charge in [-0.3, -0.25) is 14.4 Å². The van der Waals surface area contributed by atoms with Crippen molar-refractivity contribution < 1.29 is 24.3 Å². The van der Waals surface area contributed by atoms with Crippen molar-refractivity contribution in [2.45, 2.75) is 38.8 Å². The van der Waals surface area contributed by atoms with Gasteiger partial charge in [-0.15, -0.1) is 0 Å². The summed E-state index contributed by atoms with van der Waals surface area (Å²) >= 11 is 0. The summed E-state index contributed by atoms with van der Waals surface area (Å²) in [6, 6.07) is -1.70. The van der Waals surface area contributed by atoms with Gasteiger partial charge < -0.3 is 20.6 Å². The van der Waals surface area contributed by atoms with E-state index in [0.29, 0.717) is 6.42 Å². The third-order valence-electron chi connectivity index (χ3n) is 3.13. The quantitative estimate of drug-likeness (QED) is 0.561. The van der Waals surface area contributed by atoms with Crippen molar-refractivity contribution in [1.29, 1.82) is 0 Å². The Hall–Kier alpha value is -2.12. The van der Waals surface area contributed by atoms with Gasteiger partial charge in [-0.25, -0.2) is 4.79 Å². The van der Waals surface area contributed by atoms with Gasteiger partial charge in [0.25, 0.3) is 0 Å². The normalized spacial score (nSPS) is 19.1. The number of carbonyl (C=O) groups is 4. The van der Waals surface area contributed by atoms with Gasteiger partial charge in [0.05, 0.1) is 0 Å². The zero-order valence-corrected chi connectivity index (χ0v) is 11.5. The van der Waals surface area contributed by atoms with E-state index in [2.05, 4.69) is 10.6 Å². The third kappa shape index (κ3) is 4.22. The maximum absolute atomic E-state index is 12.2. The van der Waals surface area contributed by atoms with Crippen LogP contribution < -0.4 is 10.6 Å². The second-order valence-corrected chi connectivity index (χ2v) is 4.69. The lowest BCUT2D eigenvalue weighted by Gasteiger charge is -2.29. The Labute approximate surface area is 116 Å².